The molecular weight excluding hydrogens is 410 g/mol. The summed E-state index contributed by atoms with van der Waals surface area (Å²) >= 11 is 0. The number of oxazole rings is 1. The van der Waals surface area contributed by atoms with E-state index < -0.39 is 0 Å². The fraction of sp³-hybridized carbons (Fsp3) is 0.222. The molecule has 2 N–H and O–H groups in total. The number of anilines is 2. The summed E-state index contributed by atoms with van der Waals surface area (Å²) in [6.45, 7) is 4.79. The van der Waals surface area contributed by atoms with Crippen LogP contribution in [0.15, 0.2) is 65.2 Å². The molecule has 1 aliphatic rings. The number of nitrogens with one attached hydrogen (secondary N) is 2. The summed E-state index contributed by atoms with van der Waals surface area (Å²) in [5.41, 5.74) is 5.09. The van der Waals surface area contributed by atoms with E-state index in [0.717, 1.165) is 64.9 Å². The second-order valence-electron chi connectivity index (χ2n) is 8.27. The zero-order chi connectivity index (χ0) is 22.6. The van der Waals surface area contributed by atoms with E-state index >= 15 is 0 Å². The van der Waals surface area contributed by atoms with Gasteiger partial charge in [0, 0.05) is 29.6 Å². The first-order valence-electron chi connectivity index (χ1n) is 11.3. The molecule has 6 nitrogen and oxygen atoms in total. The van der Waals surface area contributed by atoms with Crippen molar-refractivity contribution >= 4 is 23.7 Å². The summed E-state index contributed by atoms with van der Waals surface area (Å²) < 4.78 is 5.87. The largest absolute Gasteiger partial charge is 0.441 e. The van der Waals surface area contributed by atoms with Crippen LogP contribution in [0.2, 0.25) is 0 Å². The van der Waals surface area contributed by atoms with Gasteiger partial charge in [-0.15, -0.1) is 0 Å². The first kappa shape index (κ1) is 20.9. The van der Waals surface area contributed by atoms with Crippen LogP contribution in [0, 0.1) is 13.8 Å². The summed E-state index contributed by atoms with van der Waals surface area (Å²) in [5, 5.41) is 7.12. The summed E-state index contributed by atoms with van der Waals surface area (Å²) in [5.74, 6) is 3.16. The Labute approximate surface area is 193 Å². The molecule has 1 unspecified atom stereocenters. The number of rotatable bonds is 5. The molecule has 1 aliphatic heterocycles. The molecule has 33 heavy (non-hydrogen) atoms. The third kappa shape index (κ3) is 4.80. The highest BCUT2D eigenvalue weighted by Crippen LogP contribution is 2.31. The van der Waals surface area contributed by atoms with Gasteiger partial charge in [-0.25, -0.2) is 15.0 Å². The van der Waals surface area contributed by atoms with Gasteiger partial charge in [0.05, 0.1) is 6.04 Å². The van der Waals surface area contributed by atoms with E-state index in [0.29, 0.717) is 5.89 Å². The molecule has 1 atom stereocenters. The van der Waals surface area contributed by atoms with Gasteiger partial charge in [-0.1, -0.05) is 36.4 Å². The Morgan fingerprint density at radius 3 is 2.79 bits per heavy atom. The lowest BCUT2D eigenvalue weighted by atomic mass is 10.0. The topological polar surface area (TPSA) is 75.9 Å². The van der Waals surface area contributed by atoms with Crippen LogP contribution in [-0.4, -0.2) is 21.5 Å². The smallest absolute Gasteiger partial charge is 0.226 e. The van der Waals surface area contributed by atoms with E-state index in [4.69, 9.17) is 4.42 Å². The Kier molecular flexibility index (Phi) is 5.89. The zero-order valence-electron chi connectivity index (χ0n) is 18.9. The molecule has 0 amide bonds. The molecule has 0 saturated heterocycles. The molecule has 0 spiro atoms. The summed E-state index contributed by atoms with van der Waals surface area (Å²) in [6, 6.07) is 18.5. The van der Waals surface area contributed by atoms with Crippen LogP contribution in [0.5, 0.6) is 0 Å². The number of fused-ring (bicyclic) bond motifs is 1. The molecule has 0 fully saturated rings. The van der Waals surface area contributed by atoms with Crippen molar-refractivity contribution in [1.29, 1.82) is 0 Å². The predicted molar refractivity (Wildman–Crippen MR) is 133 cm³/mol. The van der Waals surface area contributed by atoms with Crippen LogP contribution < -0.4 is 10.6 Å². The van der Waals surface area contributed by atoms with Crippen LogP contribution >= 0.6 is 0 Å². The van der Waals surface area contributed by atoms with E-state index in [1.54, 1.807) is 0 Å². The van der Waals surface area contributed by atoms with Crippen molar-refractivity contribution in [2.75, 3.05) is 17.2 Å². The SMILES string of the molecule is Cc1ncc2c(n1)NCCCC2Nc1cccc(/C=C/c2nc(-c3ccccc3)oc2C)c1. The number of hydrogen-bond donors (Lipinski definition) is 2. The highest BCUT2D eigenvalue weighted by molar-refractivity contribution is 5.71. The molecule has 0 saturated carbocycles. The third-order valence-electron chi connectivity index (χ3n) is 5.79. The van der Waals surface area contributed by atoms with Crippen LogP contribution in [0.4, 0.5) is 11.5 Å². The monoisotopic (exact) mass is 437 g/mol. The molecule has 5 rings (SSSR count). The minimum atomic E-state index is 0.168. The molecule has 2 aromatic carbocycles. The first-order chi connectivity index (χ1) is 16.2. The molecule has 4 aromatic rings. The standard InChI is InChI=1S/C27H27N5O/c1-18-24(32-27(33-18)21-9-4-3-5-10-21)14-13-20-8-6-11-22(16-20)31-25-12-7-15-28-26-23(25)17-29-19(2)30-26/h3-6,8-11,13-14,16-17,25,31H,7,12,15H2,1-2H3,(H,28,29,30)/b14-13+. The van der Waals surface area contributed by atoms with Crippen LogP contribution in [-0.2, 0) is 0 Å². The Morgan fingerprint density at radius 2 is 1.91 bits per heavy atom. The fourth-order valence-electron chi connectivity index (χ4n) is 4.07. The quantitative estimate of drug-likeness (QED) is 0.383. The van der Waals surface area contributed by atoms with Crippen molar-refractivity contribution in [2.45, 2.75) is 32.7 Å². The molecule has 3 heterocycles. The maximum Gasteiger partial charge on any atom is 0.226 e. The Balaban J connectivity index is 1.34. The van der Waals surface area contributed by atoms with Gasteiger partial charge in [-0.05, 0) is 62.6 Å². The van der Waals surface area contributed by atoms with Gasteiger partial charge in [-0.3, -0.25) is 0 Å². The lowest BCUT2D eigenvalue weighted by molar-refractivity contribution is 0.542. The van der Waals surface area contributed by atoms with Gasteiger partial charge in [0.15, 0.2) is 0 Å². The predicted octanol–water partition coefficient (Wildman–Crippen LogP) is 6.28. The molecule has 166 valence electrons. The minimum absolute atomic E-state index is 0.168. The van der Waals surface area contributed by atoms with Crippen LogP contribution in [0.1, 0.15) is 47.3 Å². The molecule has 0 aliphatic carbocycles. The second-order valence-corrected chi connectivity index (χ2v) is 8.27. The van der Waals surface area contributed by atoms with E-state index in [1.807, 2.05) is 56.5 Å². The summed E-state index contributed by atoms with van der Waals surface area (Å²) in [7, 11) is 0. The molecule has 2 aromatic heterocycles. The maximum absolute atomic E-state index is 5.87. The molecule has 0 bridgehead atoms. The first-order valence-corrected chi connectivity index (χ1v) is 11.3. The number of aryl methyl sites for hydroxylation is 2. The van der Waals surface area contributed by atoms with E-state index in [9.17, 15) is 0 Å². The highest BCUT2D eigenvalue weighted by Gasteiger charge is 2.20. The van der Waals surface area contributed by atoms with Gasteiger partial charge in [-0.2, -0.15) is 0 Å². The maximum atomic E-state index is 5.87. The van der Waals surface area contributed by atoms with E-state index in [2.05, 4.69) is 55.9 Å². The Morgan fingerprint density at radius 1 is 1.03 bits per heavy atom. The number of aromatic nitrogens is 3. The van der Waals surface area contributed by atoms with Gasteiger partial charge in [0.25, 0.3) is 0 Å². The molecule has 0 radical (unpaired) electrons. The van der Waals surface area contributed by atoms with E-state index in [-0.39, 0.29) is 6.04 Å². The van der Waals surface area contributed by atoms with E-state index in [1.165, 1.54) is 0 Å². The zero-order valence-corrected chi connectivity index (χ0v) is 18.9. The Hall–Kier alpha value is -3.93. The van der Waals surface area contributed by atoms with Gasteiger partial charge >= 0.3 is 0 Å². The average Bonchev–Trinajstić information content (AvgIpc) is 3.10. The summed E-state index contributed by atoms with van der Waals surface area (Å²) in [4.78, 5) is 13.7. The van der Waals surface area contributed by atoms with Crippen molar-refractivity contribution in [3.63, 3.8) is 0 Å². The number of benzene rings is 2. The Bertz CT molecular complexity index is 1280. The number of hydrogen-bond acceptors (Lipinski definition) is 6. The van der Waals surface area contributed by atoms with Crippen molar-refractivity contribution in [2.24, 2.45) is 0 Å². The van der Waals surface area contributed by atoms with Crippen LogP contribution in [0.25, 0.3) is 23.6 Å². The van der Waals surface area contributed by atoms with Crippen molar-refractivity contribution in [3.05, 3.63) is 89.2 Å². The lowest BCUT2D eigenvalue weighted by Gasteiger charge is -2.19. The molecule has 6 heteroatoms. The van der Waals surface area contributed by atoms with Gasteiger partial charge < -0.3 is 15.1 Å². The fourth-order valence-corrected chi connectivity index (χ4v) is 4.07. The van der Waals surface area contributed by atoms with Gasteiger partial charge in [0.2, 0.25) is 5.89 Å². The number of nitrogens with zero attached hydrogens (tertiary/aromatic N) is 3. The van der Waals surface area contributed by atoms with Crippen molar-refractivity contribution in [1.82, 2.24) is 15.0 Å². The lowest BCUT2D eigenvalue weighted by Crippen LogP contribution is -2.12. The van der Waals surface area contributed by atoms with Crippen molar-refractivity contribution < 1.29 is 4.42 Å². The second kappa shape index (κ2) is 9.28. The minimum Gasteiger partial charge on any atom is -0.441 e. The van der Waals surface area contributed by atoms with Crippen molar-refractivity contribution in [3.8, 4) is 11.5 Å². The molecular formula is C27H27N5O. The van der Waals surface area contributed by atoms with Gasteiger partial charge in [0.1, 0.15) is 23.1 Å². The normalized spacial score (nSPS) is 15.6. The summed E-state index contributed by atoms with van der Waals surface area (Å²) in [6.07, 6.45) is 8.11. The van der Waals surface area contributed by atoms with Crippen LogP contribution in [0.3, 0.4) is 0 Å². The third-order valence-corrected chi connectivity index (χ3v) is 5.79. The average molecular weight is 438 g/mol. The highest BCUT2D eigenvalue weighted by atomic mass is 16.4.